The van der Waals surface area contributed by atoms with E-state index in [4.69, 9.17) is 4.74 Å². The number of nitrogens with zero attached hydrogens (tertiary/aromatic N) is 3. The summed E-state index contributed by atoms with van der Waals surface area (Å²) in [6.07, 6.45) is 5.11. The fraction of sp³-hybridized carbons (Fsp3) is 0.667. The second-order valence-electron chi connectivity index (χ2n) is 7.18. The van der Waals surface area contributed by atoms with Crippen molar-refractivity contribution in [1.82, 2.24) is 9.88 Å². The first-order chi connectivity index (χ1) is 10.8. The first-order valence-electron chi connectivity index (χ1n) is 8.48. The van der Waals surface area contributed by atoms with E-state index in [1.54, 1.807) is 7.05 Å². The van der Waals surface area contributed by atoms with Crippen molar-refractivity contribution in [1.29, 1.82) is 0 Å². The molecule has 128 valence electrons. The Morgan fingerprint density at radius 2 is 2.17 bits per heavy atom. The van der Waals surface area contributed by atoms with Crippen molar-refractivity contribution < 1.29 is 9.53 Å². The van der Waals surface area contributed by atoms with Crippen LogP contribution in [0.25, 0.3) is 0 Å². The largest absolute Gasteiger partial charge is 0.443 e. The van der Waals surface area contributed by atoms with E-state index in [1.807, 2.05) is 33.0 Å². The molecule has 5 nitrogen and oxygen atoms in total. The van der Waals surface area contributed by atoms with Gasteiger partial charge in [0.2, 0.25) is 0 Å². The molecule has 23 heavy (non-hydrogen) atoms. The lowest BCUT2D eigenvalue weighted by atomic mass is 10.1. The van der Waals surface area contributed by atoms with E-state index in [0.717, 1.165) is 13.1 Å². The Kier molecular flexibility index (Phi) is 5.63. The van der Waals surface area contributed by atoms with Crippen molar-refractivity contribution in [2.24, 2.45) is 0 Å². The minimum atomic E-state index is -0.504. The summed E-state index contributed by atoms with van der Waals surface area (Å²) in [7, 11) is 1.69. The van der Waals surface area contributed by atoms with Gasteiger partial charge in [-0.2, -0.15) is 0 Å². The number of hydrogen-bond donors (Lipinski definition) is 0. The van der Waals surface area contributed by atoms with E-state index in [1.165, 1.54) is 29.7 Å². The Morgan fingerprint density at radius 3 is 2.74 bits per heavy atom. The van der Waals surface area contributed by atoms with Crippen molar-refractivity contribution in [2.45, 2.75) is 58.6 Å². The molecule has 1 saturated heterocycles. The van der Waals surface area contributed by atoms with Gasteiger partial charge in [-0.1, -0.05) is 13.0 Å². The zero-order valence-corrected chi connectivity index (χ0v) is 15.0. The molecule has 2 heterocycles. The number of hydrogen-bond acceptors (Lipinski definition) is 4. The Morgan fingerprint density at radius 1 is 1.43 bits per heavy atom. The number of ether oxygens (including phenoxy) is 1. The van der Waals surface area contributed by atoms with Crippen LogP contribution in [0.1, 0.15) is 58.6 Å². The van der Waals surface area contributed by atoms with Crippen LogP contribution in [0.3, 0.4) is 0 Å². The topological polar surface area (TPSA) is 45.7 Å². The Labute approximate surface area is 139 Å². The molecule has 0 aliphatic carbocycles. The summed E-state index contributed by atoms with van der Waals surface area (Å²) in [4.78, 5) is 20.5. The molecule has 1 aliphatic rings. The lowest BCUT2D eigenvalue weighted by Gasteiger charge is -2.25. The maximum absolute atomic E-state index is 12.1. The number of carbonyl (C=O) groups is 1. The number of pyridine rings is 1. The second-order valence-corrected chi connectivity index (χ2v) is 7.18. The van der Waals surface area contributed by atoms with E-state index >= 15 is 0 Å². The van der Waals surface area contributed by atoms with Crippen molar-refractivity contribution in [3.63, 3.8) is 0 Å². The number of carbonyl (C=O) groups excluding carboxylic acids is 1. The number of likely N-dealkylation sites (tertiary alicyclic amines) is 1. The maximum Gasteiger partial charge on any atom is 0.415 e. The van der Waals surface area contributed by atoms with Crippen molar-refractivity contribution in [3.8, 4) is 0 Å². The standard InChI is InChI=1S/C18H29N3O2/c1-6-11-21-12-7-8-15(21)14-9-10-16(19-13-14)20(5)17(22)23-18(2,3)4/h9-10,13,15H,6-8,11-12H2,1-5H3/t15-/m0/s1. The highest BCUT2D eigenvalue weighted by atomic mass is 16.6. The molecule has 0 saturated carbocycles. The number of aromatic nitrogens is 1. The molecule has 1 aromatic rings. The van der Waals surface area contributed by atoms with E-state index in [0.29, 0.717) is 11.9 Å². The predicted octanol–water partition coefficient (Wildman–Crippen LogP) is 4.00. The molecule has 1 fully saturated rings. The first kappa shape index (κ1) is 17.7. The molecule has 1 amide bonds. The molecule has 1 aliphatic heterocycles. The minimum absolute atomic E-state index is 0.383. The predicted molar refractivity (Wildman–Crippen MR) is 92.7 cm³/mol. The fourth-order valence-electron chi connectivity index (χ4n) is 2.98. The Hall–Kier alpha value is -1.62. The zero-order valence-electron chi connectivity index (χ0n) is 15.0. The van der Waals surface area contributed by atoms with E-state index in [9.17, 15) is 4.79 Å². The summed E-state index contributed by atoms with van der Waals surface area (Å²) in [6, 6.07) is 4.45. The van der Waals surface area contributed by atoms with Gasteiger partial charge in [0.05, 0.1) is 0 Å². The third kappa shape index (κ3) is 4.67. The molecule has 0 spiro atoms. The monoisotopic (exact) mass is 319 g/mol. The third-order valence-electron chi connectivity index (χ3n) is 4.04. The van der Waals surface area contributed by atoms with Crippen LogP contribution < -0.4 is 4.90 Å². The van der Waals surface area contributed by atoms with E-state index in [2.05, 4.69) is 22.9 Å². The van der Waals surface area contributed by atoms with Crippen LogP contribution in [-0.2, 0) is 4.74 Å². The highest BCUT2D eigenvalue weighted by molar-refractivity contribution is 5.85. The summed E-state index contributed by atoms with van der Waals surface area (Å²) in [5.74, 6) is 0.614. The molecule has 1 aromatic heterocycles. The lowest BCUT2D eigenvalue weighted by Crippen LogP contribution is -2.34. The van der Waals surface area contributed by atoms with Crippen LogP contribution >= 0.6 is 0 Å². The normalized spacial score (nSPS) is 18.9. The van der Waals surface area contributed by atoms with Crippen molar-refractivity contribution in [2.75, 3.05) is 25.0 Å². The second kappa shape index (κ2) is 7.30. The van der Waals surface area contributed by atoms with Gasteiger partial charge in [0.25, 0.3) is 0 Å². The van der Waals surface area contributed by atoms with Crippen LogP contribution in [0.4, 0.5) is 10.6 Å². The van der Waals surface area contributed by atoms with Crippen LogP contribution in [0.15, 0.2) is 18.3 Å². The zero-order chi connectivity index (χ0) is 17.0. The molecular formula is C18H29N3O2. The first-order valence-corrected chi connectivity index (χ1v) is 8.48. The molecule has 1 atom stereocenters. The lowest BCUT2D eigenvalue weighted by molar-refractivity contribution is 0.0588. The summed E-state index contributed by atoms with van der Waals surface area (Å²) in [5.41, 5.74) is 0.729. The van der Waals surface area contributed by atoms with Gasteiger partial charge in [0.1, 0.15) is 11.4 Å². The third-order valence-corrected chi connectivity index (χ3v) is 4.04. The number of amides is 1. The van der Waals surface area contributed by atoms with Gasteiger partial charge < -0.3 is 4.74 Å². The molecule has 0 bridgehead atoms. The molecule has 0 aromatic carbocycles. The van der Waals surface area contributed by atoms with E-state index in [-0.39, 0.29) is 6.09 Å². The molecule has 0 unspecified atom stereocenters. The average molecular weight is 319 g/mol. The summed E-state index contributed by atoms with van der Waals surface area (Å²) in [6.45, 7) is 10.1. The fourth-order valence-corrected chi connectivity index (χ4v) is 2.98. The van der Waals surface area contributed by atoms with Crippen LogP contribution in [-0.4, -0.2) is 41.7 Å². The van der Waals surface area contributed by atoms with Crippen molar-refractivity contribution in [3.05, 3.63) is 23.9 Å². The Balaban J connectivity index is 2.05. The van der Waals surface area contributed by atoms with Crippen LogP contribution in [0.5, 0.6) is 0 Å². The average Bonchev–Trinajstić information content (AvgIpc) is 2.93. The van der Waals surface area contributed by atoms with E-state index < -0.39 is 5.60 Å². The molecule has 2 rings (SSSR count). The Bertz CT molecular complexity index is 522. The highest BCUT2D eigenvalue weighted by Crippen LogP contribution is 2.32. The molecule has 5 heteroatoms. The SMILES string of the molecule is CCCN1CCC[C@H]1c1ccc(N(C)C(=O)OC(C)(C)C)nc1. The van der Waals surface area contributed by atoms with Gasteiger partial charge in [-0.25, -0.2) is 9.78 Å². The smallest absolute Gasteiger partial charge is 0.415 e. The van der Waals surface area contributed by atoms with Crippen LogP contribution in [0.2, 0.25) is 0 Å². The van der Waals surface area contributed by atoms with Crippen LogP contribution in [0, 0.1) is 0 Å². The number of anilines is 1. The van der Waals surface area contributed by atoms with Gasteiger partial charge in [-0.05, 0) is 64.8 Å². The van der Waals surface area contributed by atoms with Gasteiger partial charge in [0, 0.05) is 19.3 Å². The van der Waals surface area contributed by atoms with Gasteiger partial charge in [-0.3, -0.25) is 9.80 Å². The summed E-state index contributed by atoms with van der Waals surface area (Å²) < 4.78 is 5.37. The molecule has 0 radical (unpaired) electrons. The summed E-state index contributed by atoms with van der Waals surface area (Å²) in [5, 5.41) is 0. The van der Waals surface area contributed by atoms with Crippen molar-refractivity contribution >= 4 is 11.9 Å². The van der Waals surface area contributed by atoms with Gasteiger partial charge in [0.15, 0.2) is 0 Å². The summed E-state index contributed by atoms with van der Waals surface area (Å²) >= 11 is 0. The molecule has 0 N–H and O–H groups in total. The highest BCUT2D eigenvalue weighted by Gasteiger charge is 2.26. The maximum atomic E-state index is 12.1. The molecular weight excluding hydrogens is 290 g/mol. The minimum Gasteiger partial charge on any atom is -0.443 e. The van der Waals surface area contributed by atoms with Gasteiger partial charge in [-0.15, -0.1) is 0 Å². The number of rotatable bonds is 4. The quantitative estimate of drug-likeness (QED) is 0.841. The van der Waals surface area contributed by atoms with Gasteiger partial charge >= 0.3 is 6.09 Å².